The van der Waals surface area contributed by atoms with Gasteiger partial charge in [-0.1, -0.05) is 17.7 Å². The Morgan fingerprint density at radius 1 is 1.43 bits per heavy atom. The molecule has 1 aliphatic rings. The van der Waals surface area contributed by atoms with Gasteiger partial charge in [0.2, 0.25) is 0 Å². The summed E-state index contributed by atoms with van der Waals surface area (Å²) in [7, 11) is 0. The van der Waals surface area contributed by atoms with Crippen molar-refractivity contribution in [3.63, 3.8) is 0 Å². The van der Waals surface area contributed by atoms with E-state index in [1.165, 1.54) is 0 Å². The number of carboxylic acid groups (broad SMARTS) is 1. The molecular weight excluding hydrogens is 316 g/mol. The minimum Gasteiger partial charge on any atom is -0.465 e. The average molecular weight is 335 g/mol. The standard InChI is InChI=1S/C16H19ClN4O2/c17-15-5-1-4-14(20-15)12-9-19-21(10-12)13-7-11(8-13)3-2-6-18-16(22)23/h1,4-5,9-11,13,18H,2-3,6-8H2,(H,22,23)/t11-,13-. The summed E-state index contributed by atoms with van der Waals surface area (Å²) in [5.74, 6) is 0.660. The number of pyridine rings is 1. The van der Waals surface area contributed by atoms with E-state index in [-0.39, 0.29) is 0 Å². The van der Waals surface area contributed by atoms with Crippen LogP contribution in [0.1, 0.15) is 31.7 Å². The molecule has 122 valence electrons. The zero-order chi connectivity index (χ0) is 16.2. The lowest BCUT2D eigenvalue weighted by molar-refractivity contribution is 0.168. The van der Waals surface area contributed by atoms with Crippen LogP contribution in [-0.4, -0.2) is 32.5 Å². The smallest absolute Gasteiger partial charge is 0.404 e. The van der Waals surface area contributed by atoms with Crippen molar-refractivity contribution < 1.29 is 9.90 Å². The number of aromatic nitrogens is 3. The van der Waals surface area contributed by atoms with Crippen LogP contribution in [-0.2, 0) is 0 Å². The van der Waals surface area contributed by atoms with Crippen molar-refractivity contribution in [2.75, 3.05) is 6.54 Å². The summed E-state index contributed by atoms with van der Waals surface area (Å²) < 4.78 is 2.00. The highest BCUT2D eigenvalue weighted by molar-refractivity contribution is 6.29. The Morgan fingerprint density at radius 3 is 3.00 bits per heavy atom. The molecule has 2 aromatic heterocycles. The van der Waals surface area contributed by atoms with Gasteiger partial charge >= 0.3 is 6.09 Å². The third kappa shape index (κ3) is 4.01. The van der Waals surface area contributed by atoms with Gasteiger partial charge in [0.1, 0.15) is 5.15 Å². The summed E-state index contributed by atoms with van der Waals surface area (Å²) in [5.41, 5.74) is 1.81. The van der Waals surface area contributed by atoms with Crippen LogP contribution in [0.15, 0.2) is 30.6 Å². The van der Waals surface area contributed by atoms with Gasteiger partial charge in [0.25, 0.3) is 0 Å². The first-order chi connectivity index (χ1) is 11.1. The van der Waals surface area contributed by atoms with Crippen LogP contribution in [0.2, 0.25) is 5.15 Å². The average Bonchev–Trinajstić information content (AvgIpc) is 2.94. The second kappa shape index (κ2) is 7.00. The molecule has 1 amide bonds. The summed E-state index contributed by atoms with van der Waals surface area (Å²) in [6.45, 7) is 0.531. The van der Waals surface area contributed by atoms with Crippen LogP contribution in [0.25, 0.3) is 11.3 Å². The highest BCUT2D eigenvalue weighted by atomic mass is 35.5. The van der Waals surface area contributed by atoms with Crippen molar-refractivity contribution in [2.45, 2.75) is 31.7 Å². The molecule has 0 aliphatic heterocycles. The largest absolute Gasteiger partial charge is 0.465 e. The highest BCUT2D eigenvalue weighted by Crippen LogP contribution is 2.40. The molecule has 2 N–H and O–H groups in total. The van der Waals surface area contributed by atoms with Gasteiger partial charge in [-0.3, -0.25) is 4.68 Å². The number of rotatable bonds is 6. The third-order valence-electron chi connectivity index (χ3n) is 4.26. The Morgan fingerprint density at radius 2 is 2.26 bits per heavy atom. The zero-order valence-electron chi connectivity index (χ0n) is 12.7. The molecule has 23 heavy (non-hydrogen) atoms. The zero-order valence-corrected chi connectivity index (χ0v) is 13.4. The number of carbonyl (C=O) groups is 1. The maximum atomic E-state index is 10.4. The Kier molecular flexibility index (Phi) is 4.81. The van der Waals surface area contributed by atoms with Crippen LogP contribution in [0.3, 0.4) is 0 Å². The summed E-state index contributed by atoms with van der Waals surface area (Å²) in [6.07, 6.45) is 7.03. The minimum atomic E-state index is -0.949. The monoisotopic (exact) mass is 334 g/mol. The van der Waals surface area contributed by atoms with Gasteiger partial charge in [0, 0.05) is 18.3 Å². The van der Waals surface area contributed by atoms with Gasteiger partial charge in [0.05, 0.1) is 17.9 Å². The van der Waals surface area contributed by atoms with E-state index in [9.17, 15) is 4.79 Å². The number of nitrogens with one attached hydrogen (secondary N) is 1. The van der Waals surface area contributed by atoms with Crippen molar-refractivity contribution >= 4 is 17.7 Å². The first-order valence-corrected chi connectivity index (χ1v) is 8.13. The number of amides is 1. The molecule has 0 spiro atoms. The van der Waals surface area contributed by atoms with E-state index in [4.69, 9.17) is 16.7 Å². The first kappa shape index (κ1) is 15.8. The normalized spacial score (nSPS) is 20.0. The number of halogens is 1. The van der Waals surface area contributed by atoms with E-state index in [0.29, 0.717) is 23.7 Å². The van der Waals surface area contributed by atoms with E-state index in [2.05, 4.69) is 15.4 Å². The van der Waals surface area contributed by atoms with Crippen LogP contribution in [0.4, 0.5) is 4.79 Å². The van der Waals surface area contributed by atoms with E-state index < -0.39 is 6.09 Å². The van der Waals surface area contributed by atoms with Crippen molar-refractivity contribution in [2.24, 2.45) is 5.92 Å². The molecule has 2 aromatic rings. The second-order valence-corrected chi connectivity index (χ2v) is 6.31. The van der Waals surface area contributed by atoms with Crippen LogP contribution in [0, 0.1) is 5.92 Å². The molecule has 2 heterocycles. The lowest BCUT2D eigenvalue weighted by Crippen LogP contribution is -2.28. The Bertz CT molecular complexity index is 682. The summed E-state index contributed by atoms with van der Waals surface area (Å²) in [6, 6.07) is 5.99. The van der Waals surface area contributed by atoms with Gasteiger partial charge in [-0.15, -0.1) is 0 Å². The molecule has 0 bridgehead atoms. The maximum absolute atomic E-state index is 10.4. The van der Waals surface area contributed by atoms with Crippen molar-refractivity contribution in [1.29, 1.82) is 0 Å². The lowest BCUT2D eigenvalue weighted by Gasteiger charge is -2.35. The molecule has 1 saturated carbocycles. The molecule has 1 aliphatic carbocycles. The highest BCUT2D eigenvalue weighted by Gasteiger charge is 2.30. The maximum Gasteiger partial charge on any atom is 0.404 e. The van der Waals surface area contributed by atoms with Gasteiger partial charge in [0.15, 0.2) is 0 Å². The molecule has 3 rings (SSSR count). The Balaban J connectivity index is 1.48. The molecular formula is C16H19ClN4O2. The van der Waals surface area contributed by atoms with Gasteiger partial charge in [-0.25, -0.2) is 9.78 Å². The van der Waals surface area contributed by atoms with Crippen LogP contribution < -0.4 is 5.32 Å². The van der Waals surface area contributed by atoms with Crippen molar-refractivity contribution in [1.82, 2.24) is 20.1 Å². The fourth-order valence-electron chi connectivity index (χ4n) is 2.98. The summed E-state index contributed by atoms with van der Waals surface area (Å²) in [5, 5.41) is 15.8. The first-order valence-electron chi connectivity index (χ1n) is 7.75. The lowest BCUT2D eigenvalue weighted by atomic mass is 9.77. The number of hydrogen-bond acceptors (Lipinski definition) is 3. The third-order valence-corrected chi connectivity index (χ3v) is 4.47. The van der Waals surface area contributed by atoms with E-state index >= 15 is 0 Å². The van der Waals surface area contributed by atoms with Gasteiger partial charge in [-0.2, -0.15) is 5.10 Å². The quantitative estimate of drug-likeness (QED) is 0.625. The fraction of sp³-hybridized carbons (Fsp3) is 0.438. The van der Waals surface area contributed by atoms with E-state index in [1.54, 1.807) is 6.07 Å². The number of hydrogen-bond donors (Lipinski definition) is 2. The van der Waals surface area contributed by atoms with Crippen molar-refractivity contribution in [3.05, 3.63) is 35.7 Å². The Hall–Kier alpha value is -2.08. The molecule has 0 aromatic carbocycles. The molecule has 0 saturated heterocycles. The summed E-state index contributed by atoms with van der Waals surface area (Å²) in [4.78, 5) is 14.7. The fourth-order valence-corrected chi connectivity index (χ4v) is 3.14. The van der Waals surface area contributed by atoms with Crippen LogP contribution in [0.5, 0.6) is 0 Å². The molecule has 6 nitrogen and oxygen atoms in total. The topological polar surface area (TPSA) is 80.0 Å². The van der Waals surface area contributed by atoms with Crippen molar-refractivity contribution in [3.8, 4) is 11.3 Å². The molecule has 0 atom stereocenters. The molecule has 7 heteroatoms. The number of nitrogens with zero attached hydrogens (tertiary/aromatic N) is 3. The molecule has 0 unspecified atom stereocenters. The SMILES string of the molecule is O=C(O)NCCC[C@H]1C[C@H](n2cc(-c3cccc(Cl)n3)cn2)C1. The molecule has 0 radical (unpaired) electrons. The predicted octanol–water partition coefficient (Wildman–Crippen LogP) is 3.60. The van der Waals surface area contributed by atoms with Gasteiger partial charge in [-0.05, 0) is 43.7 Å². The minimum absolute atomic E-state index is 0.431. The summed E-state index contributed by atoms with van der Waals surface area (Å²) >= 11 is 5.92. The second-order valence-electron chi connectivity index (χ2n) is 5.92. The van der Waals surface area contributed by atoms with E-state index in [0.717, 1.165) is 36.9 Å². The predicted molar refractivity (Wildman–Crippen MR) is 87.5 cm³/mol. The van der Waals surface area contributed by atoms with Gasteiger partial charge < -0.3 is 10.4 Å². The Labute approximate surface area is 139 Å². The van der Waals surface area contributed by atoms with E-state index in [1.807, 2.05) is 29.2 Å². The van der Waals surface area contributed by atoms with Crippen LogP contribution >= 0.6 is 11.6 Å². The molecule has 1 fully saturated rings.